The van der Waals surface area contributed by atoms with Crippen LogP contribution in [0, 0.1) is 0 Å². The highest BCUT2D eigenvalue weighted by Gasteiger charge is 2.08. The van der Waals surface area contributed by atoms with Gasteiger partial charge in [-0.1, -0.05) is 6.92 Å². The van der Waals surface area contributed by atoms with Crippen LogP contribution in [0.3, 0.4) is 0 Å². The zero-order chi connectivity index (χ0) is 12.7. The van der Waals surface area contributed by atoms with Gasteiger partial charge in [0.05, 0.1) is 20.8 Å². The lowest BCUT2D eigenvalue weighted by molar-refractivity contribution is 0.238. The monoisotopic (exact) mass is 239 g/mol. The number of aliphatic hydroxyl groups is 1. The summed E-state index contributed by atoms with van der Waals surface area (Å²) in [4.78, 5) is 0. The molecule has 0 heterocycles. The first-order valence-corrected chi connectivity index (χ1v) is 5.80. The summed E-state index contributed by atoms with van der Waals surface area (Å²) in [6.45, 7) is 2.83. The van der Waals surface area contributed by atoms with E-state index in [1.165, 1.54) is 0 Å². The summed E-state index contributed by atoms with van der Waals surface area (Å²) in [7, 11) is 3.29. The van der Waals surface area contributed by atoms with Gasteiger partial charge in [-0.25, -0.2) is 0 Å². The normalized spacial score (nSPS) is 12.2. The lowest BCUT2D eigenvalue weighted by Gasteiger charge is -2.16. The van der Waals surface area contributed by atoms with Crippen molar-refractivity contribution in [2.75, 3.05) is 20.8 Å². The van der Waals surface area contributed by atoms with Gasteiger partial charge in [0.1, 0.15) is 11.5 Å². The molecule has 4 nitrogen and oxygen atoms in total. The number of hydrogen-bond donors (Lipinski definition) is 2. The van der Waals surface area contributed by atoms with Crippen molar-refractivity contribution in [2.24, 2.45) is 0 Å². The average molecular weight is 239 g/mol. The van der Waals surface area contributed by atoms with Crippen molar-refractivity contribution in [3.05, 3.63) is 23.8 Å². The number of hydrogen-bond acceptors (Lipinski definition) is 4. The smallest absolute Gasteiger partial charge is 0.123 e. The van der Waals surface area contributed by atoms with Gasteiger partial charge < -0.3 is 19.9 Å². The van der Waals surface area contributed by atoms with E-state index in [1.54, 1.807) is 14.2 Å². The molecule has 0 aromatic heterocycles. The summed E-state index contributed by atoms with van der Waals surface area (Å²) >= 11 is 0. The molecule has 0 amide bonds. The van der Waals surface area contributed by atoms with Crippen molar-refractivity contribution in [3.63, 3.8) is 0 Å². The molecule has 0 aliphatic carbocycles. The molecule has 96 valence electrons. The Bertz CT molecular complexity index is 337. The van der Waals surface area contributed by atoms with Crippen LogP contribution in [-0.4, -0.2) is 32.0 Å². The van der Waals surface area contributed by atoms with Gasteiger partial charge in [0, 0.05) is 18.2 Å². The molecule has 0 saturated carbocycles. The predicted molar refractivity (Wildman–Crippen MR) is 67.6 cm³/mol. The minimum Gasteiger partial charge on any atom is -0.497 e. The molecule has 1 aromatic carbocycles. The van der Waals surface area contributed by atoms with Gasteiger partial charge in [-0.05, 0) is 24.6 Å². The summed E-state index contributed by atoms with van der Waals surface area (Å²) in [5, 5.41) is 12.4. The van der Waals surface area contributed by atoms with Gasteiger partial charge in [-0.15, -0.1) is 0 Å². The Balaban J connectivity index is 2.73. The number of nitrogens with one attached hydrogen (secondary N) is 1. The van der Waals surface area contributed by atoms with E-state index in [0.717, 1.165) is 23.5 Å². The first-order valence-electron chi connectivity index (χ1n) is 5.80. The van der Waals surface area contributed by atoms with E-state index in [9.17, 15) is 0 Å². The average Bonchev–Trinajstić information content (AvgIpc) is 2.39. The summed E-state index contributed by atoms with van der Waals surface area (Å²) in [5.41, 5.74) is 1.03. The first-order chi connectivity index (χ1) is 8.24. The maximum absolute atomic E-state index is 9.11. The number of ether oxygens (including phenoxy) is 2. The second kappa shape index (κ2) is 7.14. The molecule has 0 fully saturated rings. The van der Waals surface area contributed by atoms with E-state index in [-0.39, 0.29) is 12.6 Å². The molecule has 4 heteroatoms. The molecule has 1 rings (SSSR count). The zero-order valence-corrected chi connectivity index (χ0v) is 10.7. The molecule has 1 aromatic rings. The molecule has 0 unspecified atom stereocenters. The molecule has 0 saturated heterocycles. The lowest BCUT2D eigenvalue weighted by atomic mass is 10.1. The van der Waals surface area contributed by atoms with Gasteiger partial charge in [0.15, 0.2) is 0 Å². The molecule has 17 heavy (non-hydrogen) atoms. The van der Waals surface area contributed by atoms with Gasteiger partial charge in [-0.2, -0.15) is 0 Å². The molecule has 0 spiro atoms. The van der Waals surface area contributed by atoms with Crippen LogP contribution in [-0.2, 0) is 6.54 Å². The van der Waals surface area contributed by atoms with Crippen LogP contribution in [0.5, 0.6) is 11.5 Å². The van der Waals surface area contributed by atoms with Crippen LogP contribution in [0.15, 0.2) is 18.2 Å². The summed E-state index contributed by atoms with van der Waals surface area (Å²) < 4.78 is 10.5. The molecule has 0 aliphatic heterocycles. The Kier molecular flexibility index (Phi) is 5.80. The number of methoxy groups -OCH3 is 2. The quantitative estimate of drug-likeness (QED) is 0.758. The lowest BCUT2D eigenvalue weighted by Crippen LogP contribution is -2.31. The van der Waals surface area contributed by atoms with E-state index in [1.807, 2.05) is 25.1 Å². The van der Waals surface area contributed by atoms with Gasteiger partial charge in [-0.3, -0.25) is 0 Å². The Morgan fingerprint density at radius 3 is 2.59 bits per heavy atom. The third-order valence-electron chi connectivity index (χ3n) is 2.78. The topological polar surface area (TPSA) is 50.7 Å². The Morgan fingerprint density at radius 1 is 1.29 bits per heavy atom. The van der Waals surface area contributed by atoms with Crippen LogP contribution >= 0.6 is 0 Å². The van der Waals surface area contributed by atoms with E-state index >= 15 is 0 Å². The minimum atomic E-state index is 0.117. The Morgan fingerprint density at radius 2 is 2.06 bits per heavy atom. The third-order valence-corrected chi connectivity index (χ3v) is 2.78. The van der Waals surface area contributed by atoms with Gasteiger partial charge in [0.2, 0.25) is 0 Å². The van der Waals surface area contributed by atoms with Gasteiger partial charge >= 0.3 is 0 Å². The predicted octanol–water partition coefficient (Wildman–Crippen LogP) is 1.56. The fourth-order valence-corrected chi connectivity index (χ4v) is 1.61. The fraction of sp³-hybridized carbons (Fsp3) is 0.538. The van der Waals surface area contributed by atoms with Crippen molar-refractivity contribution in [3.8, 4) is 11.5 Å². The minimum absolute atomic E-state index is 0.117. The van der Waals surface area contributed by atoms with Crippen molar-refractivity contribution < 1.29 is 14.6 Å². The molecule has 1 atom stereocenters. The van der Waals surface area contributed by atoms with Crippen LogP contribution in [0.4, 0.5) is 0 Å². The number of benzene rings is 1. The van der Waals surface area contributed by atoms with Crippen molar-refractivity contribution in [2.45, 2.75) is 25.9 Å². The van der Waals surface area contributed by atoms with Crippen molar-refractivity contribution >= 4 is 0 Å². The summed E-state index contributed by atoms with van der Waals surface area (Å²) in [5.74, 6) is 1.63. The molecular weight excluding hydrogens is 218 g/mol. The highest BCUT2D eigenvalue weighted by atomic mass is 16.5. The highest BCUT2D eigenvalue weighted by Crippen LogP contribution is 2.23. The molecule has 2 N–H and O–H groups in total. The van der Waals surface area contributed by atoms with Crippen LogP contribution in [0.1, 0.15) is 18.9 Å². The number of aliphatic hydroxyl groups excluding tert-OH is 1. The Labute approximate surface area is 103 Å². The second-order valence-electron chi connectivity index (χ2n) is 3.85. The van der Waals surface area contributed by atoms with E-state index in [0.29, 0.717) is 6.54 Å². The van der Waals surface area contributed by atoms with Crippen LogP contribution in [0.2, 0.25) is 0 Å². The zero-order valence-electron chi connectivity index (χ0n) is 10.7. The summed E-state index contributed by atoms with van der Waals surface area (Å²) in [6.07, 6.45) is 0.892. The maximum Gasteiger partial charge on any atom is 0.123 e. The van der Waals surface area contributed by atoms with E-state index in [4.69, 9.17) is 14.6 Å². The van der Waals surface area contributed by atoms with E-state index in [2.05, 4.69) is 5.32 Å². The van der Waals surface area contributed by atoms with Crippen molar-refractivity contribution in [1.29, 1.82) is 0 Å². The maximum atomic E-state index is 9.11. The van der Waals surface area contributed by atoms with Crippen LogP contribution < -0.4 is 14.8 Å². The molecule has 0 aliphatic rings. The number of rotatable bonds is 7. The van der Waals surface area contributed by atoms with E-state index < -0.39 is 0 Å². The molecular formula is C13H21NO3. The summed E-state index contributed by atoms with van der Waals surface area (Å²) in [6, 6.07) is 5.81. The molecule has 0 bridgehead atoms. The first kappa shape index (κ1) is 13.8. The SMILES string of the molecule is CC[C@@H](CO)NCc1cc(OC)ccc1OC. The Hall–Kier alpha value is -1.26. The van der Waals surface area contributed by atoms with Crippen LogP contribution in [0.25, 0.3) is 0 Å². The fourth-order valence-electron chi connectivity index (χ4n) is 1.61. The standard InChI is InChI=1S/C13H21NO3/c1-4-11(9-15)14-8-10-7-12(16-2)5-6-13(10)17-3/h5-7,11,14-15H,4,8-9H2,1-3H3/t11-/m0/s1. The third kappa shape index (κ3) is 3.91. The molecule has 0 radical (unpaired) electrons. The largest absolute Gasteiger partial charge is 0.497 e. The van der Waals surface area contributed by atoms with Crippen molar-refractivity contribution in [1.82, 2.24) is 5.32 Å². The second-order valence-corrected chi connectivity index (χ2v) is 3.85. The highest BCUT2D eigenvalue weighted by molar-refractivity contribution is 5.40. The van der Waals surface area contributed by atoms with Gasteiger partial charge in [0.25, 0.3) is 0 Å².